The molecule has 1 aromatic carbocycles. The molecule has 1 amide bonds. The lowest BCUT2D eigenvalue weighted by Crippen LogP contribution is -2.38. The van der Waals surface area contributed by atoms with E-state index >= 15 is 0 Å². The minimum Gasteiger partial charge on any atom is -0.350 e. The van der Waals surface area contributed by atoms with Crippen molar-refractivity contribution in [2.45, 2.75) is 19.9 Å². The van der Waals surface area contributed by atoms with Gasteiger partial charge in [0.15, 0.2) is 0 Å². The van der Waals surface area contributed by atoms with Gasteiger partial charge in [0.1, 0.15) is 0 Å². The lowest BCUT2D eigenvalue weighted by atomic mass is 10.1. The Balaban J connectivity index is 2.15. The number of carbonyl (C=O) groups excluding carboxylic acids is 1. The molecule has 1 atom stereocenters. The zero-order chi connectivity index (χ0) is 19.0. The second kappa shape index (κ2) is 6.88. The number of fused-ring (bicyclic) bond motifs is 2. The van der Waals surface area contributed by atoms with E-state index in [1.165, 1.54) is 4.57 Å². The van der Waals surface area contributed by atoms with E-state index in [-0.39, 0.29) is 17.5 Å². The Morgan fingerprint density at radius 1 is 1.31 bits per heavy atom. The number of likely N-dealkylation sites (N-methyl/N-ethyl adjacent to an activating group) is 1. The predicted octanol–water partition coefficient (Wildman–Crippen LogP) is 2.08. The molecule has 0 bridgehead atoms. The lowest BCUT2D eigenvalue weighted by molar-refractivity contribution is 0.0944. The first kappa shape index (κ1) is 18.1. The van der Waals surface area contributed by atoms with Crippen LogP contribution in [0.25, 0.3) is 21.8 Å². The molecule has 3 aromatic rings. The van der Waals surface area contributed by atoms with Crippen LogP contribution in [0.4, 0.5) is 0 Å². The third-order valence-corrected chi connectivity index (χ3v) is 4.86. The topological polar surface area (TPSA) is 67.2 Å². The zero-order valence-electron chi connectivity index (χ0n) is 15.8. The van der Waals surface area contributed by atoms with Crippen molar-refractivity contribution in [2.75, 3.05) is 20.6 Å². The van der Waals surface area contributed by atoms with Gasteiger partial charge in [-0.2, -0.15) is 0 Å². The number of aryl methyl sites for hydroxylation is 2. The first-order valence-corrected chi connectivity index (χ1v) is 8.64. The minimum atomic E-state index is -0.222. The summed E-state index contributed by atoms with van der Waals surface area (Å²) in [4.78, 5) is 32.1. The van der Waals surface area contributed by atoms with E-state index in [1.807, 2.05) is 57.1 Å². The molecule has 0 radical (unpaired) electrons. The fourth-order valence-electron chi connectivity index (χ4n) is 2.90. The highest BCUT2D eigenvalue weighted by atomic mass is 16.2. The quantitative estimate of drug-likeness (QED) is 0.730. The van der Waals surface area contributed by atoms with Crippen LogP contribution in [0.3, 0.4) is 0 Å². The number of amides is 1. The van der Waals surface area contributed by atoms with Gasteiger partial charge in [0.2, 0.25) is 0 Å². The molecule has 2 heterocycles. The van der Waals surface area contributed by atoms with Gasteiger partial charge in [-0.15, -0.1) is 0 Å². The van der Waals surface area contributed by atoms with Crippen LogP contribution in [0, 0.1) is 6.92 Å². The summed E-state index contributed by atoms with van der Waals surface area (Å²) in [7, 11) is 5.59. The highest BCUT2D eigenvalue weighted by molar-refractivity contribution is 6.07. The molecule has 0 aliphatic carbocycles. The fraction of sp³-hybridized carbons (Fsp3) is 0.350. The average Bonchev–Trinajstić information content (AvgIpc) is 2.61. The molecule has 6 nitrogen and oxygen atoms in total. The predicted molar refractivity (Wildman–Crippen MR) is 105 cm³/mol. The molecule has 0 spiro atoms. The number of rotatable bonds is 4. The summed E-state index contributed by atoms with van der Waals surface area (Å²) >= 11 is 0. The summed E-state index contributed by atoms with van der Waals surface area (Å²) in [5.74, 6) is -0.222. The Bertz CT molecular complexity index is 1050. The third kappa shape index (κ3) is 3.20. The van der Waals surface area contributed by atoms with Crippen molar-refractivity contribution in [3.05, 3.63) is 51.9 Å². The van der Waals surface area contributed by atoms with Crippen LogP contribution in [-0.2, 0) is 7.05 Å². The third-order valence-electron chi connectivity index (χ3n) is 4.86. The van der Waals surface area contributed by atoms with Crippen molar-refractivity contribution in [3.8, 4) is 0 Å². The van der Waals surface area contributed by atoms with Gasteiger partial charge in [0, 0.05) is 31.2 Å². The van der Waals surface area contributed by atoms with E-state index in [9.17, 15) is 9.59 Å². The van der Waals surface area contributed by atoms with Crippen LogP contribution >= 0.6 is 0 Å². The van der Waals surface area contributed by atoms with E-state index in [1.54, 1.807) is 13.2 Å². The van der Waals surface area contributed by atoms with Crippen molar-refractivity contribution in [3.63, 3.8) is 0 Å². The van der Waals surface area contributed by atoms with Gasteiger partial charge in [-0.1, -0.05) is 18.2 Å². The van der Waals surface area contributed by atoms with Crippen molar-refractivity contribution in [1.29, 1.82) is 0 Å². The highest BCUT2D eigenvalue weighted by Gasteiger charge is 2.17. The van der Waals surface area contributed by atoms with Gasteiger partial charge in [0.05, 0.1) is 22.0 Å². The summed E-state index contributed by atoms with van der Waals surface area (Å²) in [6, 6.07) is 7.87. The number of benzene rings is 1. The van der Waals surface area contributed by atoms with E-state index in [2.05, 4.69) is 10.3 Å². The summed E-state index contributed by atoms with van der Waals surface area (Å²) in [5, 5.41) is 4.30. The summed E-state index contributed by atoms with van der Waals surface area (Å²) in [6.07, 6.45) is 1.57. The Labute approximate surface area is 152 Å². The standard InChI is InChI=1S/C20H24N4O2/c1-12-7-6-8-14-9-15-18(22-17(12)14)16(11-24(5)20(15)26)19(25)21-10-13(2)23(3)4/h6-9,11,13H,10H2,1-5H3,(H,21,25). The summed E-state index contributed by atoms with van der Waals surface area (Å²) in [6.45, 7) is 4.53. The first-order valence-electron chi connectivity index (χ1n) is 8.64. The Hall–Kier alpha value is -2.73. The lowest BCUT2D eigenvalue weighted by Gasteiger charge is -2.20. The summed E-state index contributed by atoms with van der Waals surface area (Å²) < 4.78 is 1.44. The Morgan fingerprint density at radius 3 is 2.73 bits per heavy atom. The fourth-order valence-corrected chi connectivity index (χ4v) is 2.90. The summed E-state index contributed by atoms with van der Waals surface area (Å²) in [5.41, 5.74) is 2.53. The molecule has 136 valence electrons. The number of aromatic nitrogens is 2. The minimum absolute atomic E-state index is 0.158. The molecular weight excluding hydrogens is 328 g/mol. The van der Waals surface area contributed by atoms with Gasteiger partial charge in [-0.25, -0.2) is 4.98 Å². The van der Waals surface area contributed by atoms with Crippen LogP contribution in [0.1, 0.15) is 22.8 Å². The van der Waals surface area contributed by atoms with Crippen molar-refractivity contribution in [2.24, 2.45) is 7.05 Å². The Morgan fingerprint density at radius 2 is 2.04 bits per heavy atom. The van der Waals surface area contributed by atoms with Crippen molar-refractivity contribution in [1.82, 2.24) is 19.8 Å². The number of hydrogen-bond acceptors (Lipinski definition) is 4. The van der Waals surface area contributed by atoms with Crippen LogP contribution in [0.15, 0.2) is 35.3 Å². The molecular formula is C20H24N4O2. The molecule has 0 aliphatic rings. The molecule has 6 heteroatoms. The van der Waals surface area contributed by atoms with Gasteiger partial charge >= 0.3 is 0 Å². The maximum absolute atomic E-state index is 12.8. The smallest absolute Gasteiger partial charge is 0.259 e. The van der Waals surface area contributed by atoms with Crippen LogP contribution in [-0.4, -0.2) is 47.0 Å². The molecule has 1 unspecified atom stereocenters. The molecule has 0 saturated carbocycles. The monoisotopic (exact) mass is 352 g/mol. The maximum Gasteiger partial charge on any atom is 0.259 e. The molecule has 2 aromatic heterocycles. The van der Waals surface area contributed by atoms with Crippen LogP contribution < -0.4 is 10.9 Å². The van der Waals surface area contributed by atoms with Crippen molar-refractivity contribution < 1.29 is 4.79 Å². The SMILES string of the molecule is Cc1cccc2cc3c(=O)n(C)cc(C(=O)NCC(C)N(C)C)c3nc12. The van der Waals surface area contributed by atoms with Gasteiger partial charge in [0.25, 0.3) is 11.5 Å². The molecule has 0 fully saturated rings. The Kier molecular flexibility index (Phi) is 4.78. The van der Waals surface area contributed by atoms with Crippen molar-refractivity contribution >= 4 is 27.7 Å². The molecule has 0 saturated heterocycles. The van der Waals surface area contributed by atoms with Crippen LogP contribution in [0.2, 0.25) is 0 Å². The second-order valence-corrected chi connectivity index (χ2v) is 7.01. The number of nitrogens with one attached hydrogen (secondary N) is 1. The van der Waals surface area contributed by atoms with E-state index < -0.39 is 0 Å². The largest absolute Gasteiger partial charge is 0.350 e. The van der Waals surface area contributed by atoms with Gasteiger partial charge < -0.3 is 14.8 Å². The van der Waals surface area contributed by atoms with Crippen LogP contribution in [0.5, 0.6) is 0 Å². The van der Waals surface area contributed by atoms with E-state index in [4.69, 9.17) is 0 Å². The van der Waals surface area contributed by atoms with E-state index in [0.717, 1.165) is 16.5 Å². The molecule has 1 N–H and O–H groups in total. The van der Waals surface area contributed by atoms with Gasteiger partial charge in [-0.3, -0.25) is 9.59 Å². The molecule has 0 aliphatic heterocycles. The number of pyridine rings is 2. The highest BCUT2D eigenvalue weighted by Crippen LogP contribution is 2.22. The second-order valence-electron chi connectivity index (χ2n) is 7.01. The number of nitrogens with zero attached hydrogens (tertiary/aromatic N) is 3. The first-order chi connectivity index (χ1) is 12.3. The molecule has 3 rings (SSSR count). The van der Waals surface area contributed by atoms with E-state index in [0.29, 0.717) is 23.0 Å². The van der Waals surface area contributed by atoms with Gasteiger partial charge in [-0.05, 0) is 39.6 Å². The number of hydrogen-bond donors (Lipinski definition) is 1. The normalized spacial score (nSPS) is 12.7. The molecule has 26 heavy (non-hydrogen) atoms. The average molecular weight is 352 g/mol. The maximum atomic E-state index is 12.8. The number of para-hydroxylation sites is 1. The zero-order valence-corrected chi connectivity index (χ0v) is 15.8. The number of carbonyl (C=O) groups is 1.